The predicted molar refractivity (Wildman–Crippen MR) is 107 cm³/mol. The normalized spacial score (nSPS) is 16.2. The predicted octanol–water partition coefficient (Wildman–Crippen LogP) is 3.59. The van der Waals surface area contributed by atoms with Crippen molar-refractivity contribution < 1.29 is 18.7 Å². The van der Waals surface area contributed by atoms with Gasteiger partial charge < -0.3 is 14.8 Å². The van der Waals surface area contributed by atoms with E-state index in [9.17, 15) is 9.18 Å². The van der Waals surface area contributed by atoms with Gasteiger partial charge in [0.05, 0.1) is 24.8 Å². The number of aromatic nitrogens is 3. The Morgan fingerprint density at radius 1 is 1.20 bits per heavy atom. The number of hydrogen-bond acceptors (Lipinski definition) is 6. The monoisotopic (exact) mass is 408 g/mol. The number of esters is 1. The highest BCUT2D eigenvalue weighted by molar-refractivity contribution is 5.96. The van der Waals surface area contributed by atoms with Crippen LogP contribution in [-0.4, -0.2) is 40.0 Å². The highest BCUT2D eigenvalue weighted by Gasteiger charge is 2.28. The summed E-state index contributed by atoms with van der Waals surface area (Å²) in [5, 5.41) is 7.65. The van der Waals surface area contributed by atoms with Gasteiger partial charge in [-0.15, -0.1) is 0 Å². The molecule has 7 nitrogen and oxygen atoms in total. The van der Waals surface area contributed by atoms with E-state index < -0.39 is 11.9 Å². The Morgan fingerprint density at radius 3 is 2.67 bits per heavy atom. The molecule has 30 heavy (non-hydrogen) atoms. The van der Waals surface area contributed by atoms with E-state index in [1.165, 1.54) is 0 Å². The lowest BCUT2D eigenvalue weighted by molar-refractivity contribution is -0.0286. The minimum Gasteiger partial charge on any atom is -0.457 e. The molecule has 3 aromatic rings. The van der Waals surface area contributed by atoms with E-state index in [2.05, 4.69) is 15.4 Å². The van der Waals surface area contributed by atoms with E-state index in [0.29, 0.717) is 25.1 Å². The Hall–Kier alpha value is -3.26. The third-order valence-electron chi connectivity index (χ3n) is 5.19. The zero-order valence-corrected chi connectivity index (χ0v) is 16.3. The summed E-state index contributed by atoms with van der Waals surface area (Å²) in [4.78, 5) is 16.8. The number of ether oxygens (including phenoxy) is 2. The molecule has 1 N–H and O–H groups in total. The topological polar surface area (TPSA) is 78.3 Å². The molecule has 1 aliphatic carbocycles. The molecule has 1 saturated heterocycles. The number of pyridine rings is 1. The number of nitrogens with one attached hydrogen (secondary N) is 1. The summed E-state index contributed by atoms with van der Waals surface area (Å²) in [5.41, 5.74) is 1.47. The maximum absolute atomic E-state index is 14.8. The van der Waals surface area contributed by atoms with Gasteiger partial charge >= 0.3 is 5.97 Å². The van der Waals surface area contributed by atoms with Gasteiger partial charge in [-0.1, -0.05) is 30.3 Å². The van der Waals surface area contributed by atoms with Crippen molar-refractivity contribution in [1.29, 1.82) is 0 Å². The van der Waals surface area contributed by atoms with Gasteiger partial charge in [0.2, 0.25) is 5.95 Å². The molecular weight excluding hydrogens is 387 g/mol. The van der Waals surface area contributed by atoms with E-state index in [0.717, 1.165) is 18.4 Å². The fourth-order valence-electron chi connectivity index (χ4n) is 3.23. The summed E-state index contributed by atoms with van der Waals surface area (Å²) in [7, 11) is 0. The maximum atomic E-state index is 14.8. The van der Waals surface area contributed by atoms with Crippen molar-refractivity contribution in [2.75, 3.05) is 18.5 Å². The highest BCUT2D eigenvalue weighted by Crippen LogP contribution is 2.30. The molecule has 5 rings (SSSR count). The SMILES string of the molecule is O=C(OCc1ccccc1)c1cn(C2COC2)nc1-c1ccc(NC2CC2)nc1F. The number of halogens is 1. The summed E-state index contributed by atoms with van der Waals surface area (Å²) in [6.45, 7) is 1.14. The lowest BCUT2D eigenvalue weighted by Crippen LogP contribution is -2.31. The van der Waals surface area contributed by atoms with Crippen LogP contribution in [0.25, 0.3) is 11.3 Å². The van der Waals surface area contributed by atoms with Crippen LogP contribution in [0.2, 0.25) is 0 Å². The first-order chi connectivity index (χ1) is 14.7. The minimum atomic E-state index is -0.673. The van der Waals surface area contributed by atoms with Crippen LogP contribution in [0, 0.1) is 5.95 Å². The second-order valence-corrected chi connectivity index (χ2v) is 7.58. The molecule has 0 unspecified atom stereocenters. The zero-order valence-electron chi connectivity index (χ0n) is 16.3. The minimum absolute atomic E-state index is 0.0197. The lowest BCUT2D eigenvalue weighted by Gasteiger charge is -2.25. The molecule has 1 aromatic carbocycles. The fourth-order valence-corrected chi connectivity index (χ4v) is 3.23. The van der Waals surface area contributed by atoms with Crippen LogP contribution in [0.5, 0.6) is 0 Å². The summed E-state index contributed by atoms with van der Waals surface area (Å²) in [6.07, 6.45) is 3.73. The van der Waals surface area contributed by atoms with E-state index in [1.807, 2.05) is 30.3 Å². The lowest BCUT2D eigenvalue weighted by atomic mass is 10.1. The molecule has 1 aliphatic heterocycles. The third-order valence-corrected chi connectivity index (χ3v) is 5.19. The number of rotatable bonds is 7. The molecule has 0 amide bonds. The van der Waals surface area contributed by atoms with Crippen LogP contribution in [0.3, 0.4) is 0 Å². The fraction of sp³-hybridized carbons (Fsp3) is 0.318. The van der Waals surface area contributed by atoms with E-state index in [-0.39, 0.29) is 29.5 Å². The first-order valence-corrected chi connectivity index (χ1v) is 9.99. The Labute approximate surface area is 172 Å². The highest BCUT2D eigenvalue weighted by atomic mass is 19.1. The quantitative estimate of drug-likeness (QED) is 0.476. The van der Waals surface area contributed by atoms with Gasteiger partial charge in [-0.3, -0.25) is 4.68 Å². The molecule has 2 fully saturated rings. The van der Waals surface area contributed by atoms with Gasteiger partial charge in [-0.05, 0) is 30.5 Å². The van der Waals surface area contributed by atoms with Gasteiger partial charge in [0.25, 0.3) is 0 Å². The molecule has 2 aromatic heterocycles. The largest absolute Gasteiger partial charge is 0.457 e. The number of anilines is 1. The van der Waals surface area contributed by atoms with Crippen molar-refractivity contribution in [3.05, 3.63) is 65.7 Å². The van der Waals surface area contributed by atoms with Gasteiger partial charge in [0.1, 0.15) is 23.7 Å². The third kappa shape index (κ3) is 3.91. The summed E-state index contributed by atoms with van der Waals surface area (Å²) in [6, 6.07) is 13.1. The molecule has 0 spiro atoms. The first kappa shape index (κ1) is 18.7. The van der Waals surface area contributed by atoms with Crippen molar-refractivity contribution in [1.82, 2.24) is 14.8 Å². The Morgan fingerprint density at radius 2 is 2.00 bits per heavy atom. The van der Waals surface area contributed by atoms with E-state index in [4.69, 9.17) is 9.47 Å². The molecule has 8 heteroatoms. The molecule has 154 valence electrons. The number of benzene rings is 1. The van der Waals surface area contributed by atoms with Crippen molar-refractivity contribution in [2.24, 2.45) is 0 Å². The average Bonchev–Trinajstić information content (AvgIpc) is 3.42. The van der Waals surface area contributed by atoms with Crippen LogP contribution < -0.4 is 5.32 Å². The van der Waals surface area contributed by atoms with E-state index >= 15 is 0 Å². The Bertz CT molecular complexity index is 1060. The smallest absolute Gasteiger partial charge is 0.342 e. The second-order valence-electron chi connectivity index (χ2n) is 7.58. The summed E-state index contributed by atoms with van der Waals surface area (Å²) < 4.78 is 27.2. The standard InChI is InChI=1S/C22H21FN4O3/c23-21-17(8-9-19(25-21)24-15-6-7-15)20-18(10-27(26-20)16-12-29-13-16)22(28)30-11-14-4-2-1-3-5-14/h1-5,8-10,15-16H,6-7,11-13H2,(H,24,25). The molecular formula is C22H21FN4O3. The molecule has 1 saturated carbocycles. The molecule has 0 radical (unpaired) electrons. The van der Waals surface area contributed by atoms with Crippen LogP contribution in [0.1, 0.15) is 34.8 Å². The average molecular weight is 408 g/mol. The van der Waals surface area contributed by atoms with Crippen LogP contribution in [-0.2, 0) is 16.1 Å². The van der Waals surface area contributed by atoms with Gasteiger partial charge in [-0.25, -0.2) is 9.78 Å². The van der Waals surface area contributed by atoms with E-state index in [1.54, 1.807) is 23.0 Å². The summed E-state index contributed by atoms with van der Waals surface area (Å²) in [5.74, 6) is -0.744. The number of carbonyl (C=O) groups is 1. The van der Waals surface area contributed by atoms with Crippen molar-refractivity contribution in [3.8, 4) is 11.3 Å². The van der Waals surface area contributed by atoms with Crippen LogP contribution >= 0.6 is 0 Å². The van der Waals surface area contributed by atoms with Crippen molar-refractivity contribution in [2.45, 2.75) is 31.5 Å². The molecule has 2 aliphatic rings. The Balaban J connectivity index is 1.43. The van der Waals surface area contributed by atoms with Gasteiger partial charge in [0, 0.05) is 12.2 Å². The van der Waals surface area contributed by atoms with Crippen molar-refractivity contribution in [3.63, 3.8) is 0 Å². The number of nitrogens with zero attached hydrogens (tertiary/aromatic N) is 3. The molecule has 3 heterocycles. The summed E-state index contributed by atoms with van der Waals surface area (Å²) >= 11 is 0. The first-order valence-electron chi connectivity index (χ1n) is 9.99. The van der Waals surface area contributed by atoms with Crippen LogP contribution in [0.15, 0.2) is 48.7 Å². The van der Waals surface area contributed by atoms with Gasteiger partial charge in [-0.2, -0.15) is 9.49 Å². The van der Waals surface area contributed by atoms with Crippen molar-refractivity contribution >= 4 is 11.8 Å². The number of hydrogen-bond donors (Lipinski definition) is 1. The zero-order chi connectivity index (χ0) is 20.5. The molecule has 0 atom stereocenters. The van der Waals surface area contributed by atoms with Crippen LogP contribution in [0.4, 0.5) is 10.2 Å². The number of carbonyl (C=O) groups excluding carboxylic acids is 1. The molecule has 0 bridgehead atoms. The Kier molecular flexibility index (Phi) is 4.92. The second kappa shape index (κ2) is 7.87. The maximum Gasteiger partial charge on any atom is 0.342 e. The van der Waals surface area contributed by atoms with Gasteiger partial charge in [0.15, 0.2) is 0 Å².